The summed E-state index contributed by atoms with van der Waals surface area (Å²) in [5.74, 6) is 0.365. The topological polar surface area (TPSA) is 46.2 Å². The molecule has 15 heavy (non-hydrogen) atoms. The average Bonchev–Trinajstić information content (AvgIpc) is 2.65. The van der Waals surface area contributed by atoms with Gasteiger partial charge in [0.15, 0.2) is 0 Å². The molecule has 2 heteroatoms. The molecule has 0 unspecified atom stereocenters. The minimum atomic E-state index is 0.128. The van der Waals surface area contributed by atoms with Crippen LogP contribution in [-0.2, 0) is 5.41 Å². The van der Waals surface area contributed by atoms with Gasteiger partial charge in [0.2, 0.25) is 0 Å². The van der Waals surface area contributed by atoms with Gasteiger partial charge in [-0.15, -0.1) is 0 Å². The summed E-state index contributed by atoms with van der Waals surface area (Å²) in [4.78, 5) is 0. The van der Waals surface area contributed by atoms with Crippen LogP contribution in [0.2, 0.25) is 0 Å². The summed E-state index contributed by atoms with van der Waals surface area (Å²) >= 11 is 0. The number of aryl methyl sites for hydroxylation is 1. The minimum absolute atomic E-state index is 0.128. The van der Waals surface area contributed by atoms with Crippen LogP contribution in [-0.4, -0.2) is 11.7 Å². The molecule has 2 nitrogen and oxygen atoms in total. The predicted octanol–water partition coefficient (Wildman–Crippen LogP) is 2.47. The maximum atomic E-state index is 9.62. The average molecular weight is 205 g/mol. The third-order valence-corrected chi connectivity index (χ3v) is 3.63. The van der Waals surface area contributed by atoms with Gasteiger partial charge in [0.05, 0.1) is 0 Å². The number of phenols is 1. The number of phenolic OH excluding ortho intramolecular Hbond substituents is 1. The molecule has 1 fully saturated rings. The van der Waals surface area contributed by atoms with Crippen molar-refractivity contribution in [3.63, 3.8) is 0 Å². The summed E-state index contributed by atoms with van der Waals surface area (Å²) in [6.07, 6.45) is 4.83. The van der Waals surface area contributed by atoms with Crippen LogP contribution >= 0.6 is 0 Å². The van der Waals surface area contributed by atoms with Crippen molar-refractivity contribution >= 4 is 0 Å². The van der Waals surface area contributed by atoms with Crippen molar-refractivity contribution in [3.05, 3.63) is 29.3 Å². The Morgan fingerprint density at radius 3 is 2.47 bits per heavy atom. The maximum Gasteiger partial charge on any atom is 0.116 e. The van der Waals surface area contributed by atoms with E-state index in [1.165, 1.54) is 18.4 Å². The van der Waals surface area contributed by atoms with E-state index in [-0.39, 0.29) is 5.41 Å². The molecule has 1 aromatic carbocycles. The van der Waals surface area contributed by atoms with Crippen molar-refractivity contribution in [1.82, 2.24) is 0 Å². The second kappa shape index (κ2) is 3.86. The molecule has 1 aliphatic rings. The van der Waals surface area contributed by atoms with Crippen LogP contribution in [0.3, 0.4) is 0 Å². The molecule has 1 saturated carbocycles. The van der Waals surface area contributed by atoms with Crippen molar-refractivity contribution in [2.75, 3.05) is 6.54 Å². The van der Waals surface area contributed by atoms with Crippen LogP contribution in [0.5, 0.6) is 5.75 Å². The van der Waals surface area contributed by atoms with Gasteiger partial charge in [0, 0.05) is 12.0 Å². The summed E-state index contributed by atoms with van der Waals surface area (Å²) in [5.41, 5.74) is 8.39. The largest absolute Gasteiger partial charge is 0.508 e. The highest BCUT2D eigenvalue weighted by atomic mass is 16.3. The van der Waals surface area contributed by atoms with Crippen LogP contribution < -0.4 is 5.73 Å². The van der Waals surface area contributed by atoms with Crippen LogP contribution in [0.1, 0.15) is 36.8 Å². The van der Waals surface area contributed by atoms with E-state index in [1.807, 2.05) is 13.0 Å². The molecule has 82 valence electrons. The summed E-state index contributed by atoms with van der Waals surface area (Å²) in [6.45, 7) is 2.71. The number of benzene rings is 1. The molecule has 0 aliphatic heterocycles. The van der Waals surface area contributed by atoms with Crippen LogP contribution in [0.15, 0.2) is 18.2 Å². The Labute approximate surface area is 91.1 Å². The van der Waals surface area contributed by atoms with Gasteiger partial charge in [0.1, 0.15) is 5.75 Å². The van der Waals surface area contributed by atoms with Gasteiger partial charge in [0.25, 0.3) is 0 Å². The van der Waals surface area contributed by atoms with Gasteiger partial charge >= 0.3 is 0 Å². The first-order valence-corrected chi connectivity index (χ1v) is 5.67. The zero-order valence-electron chi connectivity index (χ0n) is 9.29. The molecule has 0 atom stereocenters. The van der Waals surface area contributed by atoms with E-state index in [1.54, 1.807) is 6.07 Å². The van der Waals surface area contributed by atoms with E-state index < -0.39 is 0 Å². The number of hydrogen-bond acceptors (Lipinski definition) is 2. The summed E-state index contributed by atoms with van der Waals surface area (Å²) in [7, 11) is 0. The van der Waals surface area contributed by atoms with Crippen LogP contribution in [0.4, 0.5) is 0 Å². The summed E-state index contributed by atoms with van der Waals surface area (Å²) in [6, 6.07) is 5.84. The molecule has 1 aliphatic carbocycles. The van der Waals surface area contributed by atoms with E-state index in [9.17, 15) is 5.11 Å². The van der Waals surface area contributed by atoms with Gasteiger partial charge in [-0.25, -0.2) is 0 Å². The van der Waals surface area contributed by atoms with Gasteiger partial charge in [-0.05, 0) is 43.0 Å². The van der Waals surface area contributed by atoms with Crippen LogP contribution in [0, 0.1) is 6.92 Å². The van der Waals surface area contributed by atoms with Gasteiger partial charge < -0.3 is 10.8 Å². The molecular weight excluding hydrogens is 186 g/mol. The normalized spacial score (nSPS) is 19.3. The lowest BCUT2D eigenvalue weighted by Crippen LogP contribution is -2.31. The first kappa shape index (κ1) is 10.5. The fraction of sp³-hybridized carbons (Fsp3) is 0.538. The lowest BCUT2D eigenvalue weighted by molar-refractivity contribution is 0.441. The predicted molar refractivity (Wildman–Crippen MR) is 62.0 cm³/mol. The second-order valence-corrected chi connectivity index (χ2v) is 4.75. The molecule has 0 amide bonds. The highest BCUT2D eigenvalue weighted by Crippen LogP contribution is 2.41. The Hall–Kier alpha value is -1.02. The molecule has 1 aromatic rings. The Bertz CT molecular complexity index is 333. The SMILES string of the molecule is Cc1cc(O)cc(C2(CN)CCCC2)c1. The summed E-state index contributed by atoms with van der Waals surface area (Å²) < 4.78 is 0. The molecule has 0 saturated heterocycles. The number of nitrogens with two attached hydrogens (primary N) is 1. The first-order valence-electron chi connectivity index (χ1n) is 5.67. The quantitative estimate of drug-likeness (QED) is 0.779. The second-order valence-electron chi connectivity index (χ2n) is 4.75. The number of rotatable bonds is 2. The third-order valence-electron chi connectivity index (χ3n) is 3.63. The highest BCUT2D eigenvalue weighted by molar-refractivity contribution is 5.38. The van der Waals surface area contributed by atoms with E-state index in [4.69, 9.17) is 5.73 Å². The monoisotopic (exact) mass is 205 g/mol. The van der Waals surface area contributed by atoms with Gasteiger partial charge in [-0.3, -0.25) is 0 Å². The van der Waals surface area contributed by atoms with Gasteiger partial charge in [-0.2, -0.15) is 0 Å². The zero-order valence-corrected chi connectivity index (χ0v) is 9.29. The number of hydrogen-bond donors (Lipinski definition) is 2. The Balaban J connectivity index is 2.42. The molecular formula is C13H19NO. The molecule has 0 radical (unpaired) electrons. The molecule has 3 N–H and O–H groups in total. The standard InChI is InChI=1S/C13H19NO/c1-10-6-11(8-12(15)7-10)13(9-14)4-2-3-5-13/h6-8,15H,2-5,9,14H2,1H3. The van der Waals surface area contributed by atoms with Gasteiger partial charge in [-0.1, -0.05) is 18.9 Å². The first-order chi connectivity index (χ1) is 7.16. The smallest absolute Gasteiger partial charge is 0.116 e. The third kappa shape index (κ3) is 1.86. The molecule has 0 heterocycles. The molecule has 0 spiro atoms. The fourth-order valence-corrected chi connectivity index (χ4v) is 2.73. The highest BCUT2D eigenvalue weighted by Gasteiger charge is 2.34. The summed E-state index contributed by atoms with van der Waals surface area (Å²) in [5, 5.41) is 9.62. The lowest BCUT2D eigenvalue weighted by Gasteiger charge is -2.28. The van der Waals surface area contributed by atoms with Crippen molar-refractivity contribution < 1.29 is 5.11 Å². The van der Waals surface area contributed by atoms with Crippen LogP contribution in [0.25, 0.3) is 0 Å². The maximum absolute atomic E-state index is 9.62. The molecule has 2 rings (SSSR count). The van der Waals surface area contributed by atoms with Crippen molar-refractivity contribution in [1.29, 1.82) is 0 Å². The lowest BCUT2D eigenvalue weighted by atomic mass is 9.78. The number of aromatic hydroxyl groups is 1. The molecule has 0 bridgehead atoms. The van der Waals surface area contributed by atoms with Crippen molar-refractivity contribution in [3.8, 4) is 5.75 Å². The minimum Gasteiger partial charge on any atom is -0.508 e. The van der Waals surface area contributed by atoms with Crippen molar-refractivity contribution in [2.45, 2.75) is 38.0 Å². The zero-order chi connectivity index (χ0) is 10.9. The van der Waals surface area contributed by atoms with E-state index >= 15 is 0 Å². The van der Waals surface area contributed by atoms with E-state index in [0.717, 1.165) is 18.4 Å². The molecule has 0 aromatic heterocycles. The Morgan fingerprint density at radius 1 is 1.27 bits per heavy atom. The Kier molecular flexibility index (Phi) is 2.70. The fourth-order valence-electron chi connectivity index (χ4n) is 2.73. The Morgan fingerprint density at radius 2 is 1.93 bits per heavy atom. The van der Waals surface area contributed by atoms with Crippen molar-refractivity contribution in [2.24, 2.45) is 5.73 Å². The van der Waals surface area contributed by atoms with E-state index in [0.29, 0.717) is 12.3 Å². The van der Waals surface area contributed by atoms with E-state index in [2.05, 4.69) is 6.07 Å².